The molecule has 2 aliphatic rings. The van der Waals surface area contributed by atoms with Crippen LogP contribution in [0.25, 0.3) is 0 Å². The molecule has 1 aromatic heterocycles. The summed E-state index contributed by atoms with van der Waals surface area (Å²) in [6, 6.07) is 10.7. The lowest BCUT2D eigenvalue weighted by Gasteiger charge is -2.42. The number of hydrogen-bond donors (Lipinski definition) is 3. The van der Waals surface area contributed by atoms with E-state index in [2.05, 4.69) is 50.6 Å². The maximum atomic E-state index is 12.8. The predicted molar refractivity (Wildman–Crippen MR) is 151 cm³/mol. The highest BCUT2D eigenvalue weighted by molar-refractivity contribution is 7.09. The zero-order valence-corrected chi connectivity index (χ0v) is 23.2. The van der Waals surface area contributed by atoms with Crippen molar-refractivity contribution in [3.63, 3.8) is 0 Å². The van der Waals surface area contributed by atoms with Crippen LogP contribution in [0, 0.1) is 12.3 Å². The van der Waals surface area contributed by atoms with Crippen LogP contribution < -0.4 is 15.5 Å². The van der Waals surface area contributed by atoms with Gasteiger partial charge in [-0.15, -0.1) is 0 Å². The van der Waals surface area contributed by atoms with E-state index in [9.17, 15) is 9.90 Å². The van der Waals surface area contributed by atoms with Gasteiger partial charge in [-0.2, -0.15) is 4.37 Å². The normalized spacial score (nSPS) is 17.2. The Morgan fingerprint density at radius 2 is 1.89 bits per heavy atom. The van der Waals surface area contributed by atoms with Crippen LogP contribution in [0.4, 0.5) is 27.0 Å². The van der Waals surface area contributed by atoms with E-state index in [0.29, 0.717) is 28.2 Å². The number of halogens is 1. The number of carbonyl (C=O) groups excluding carboxylic acids is 1. The number of nitrogens with one attached hydrogen (secondary N) is 2. The van der Waals surface area contributed by atoms with Gasteiger partial charge in [-0.3, -0.25) is 5.32 Å². The molecule has 1 saturated heterocycles. The number of fused-ring (bicyclic) bond motifs is 2. The maximum absolute atomic E-state index is 12.8. The summed E-state index contributed by atoms with van der Waals surface area (Å²) in [4.78, 5) is 21.6. The number of phenolic OH excluding ortho intramolecular Hbond substituents is 1. The minimum absolute atomic E-state index is 0.182. The molecular weight excluding hydrogens is 508 g/mol. The summed E-state index contributed by atoms with van der Waals surface area (Å²) in [5, 5.41) is 17.9. The van der Waals surface area contributed by atoms with E-state index in [1.165, 1.54) is 0 Å². The number of amides is 2. The van der Waals surface area contributed by atoms with Gasteiger partial charge in [0.05, 0.1) is 17.1 Å². The highest BCUT2D eigenvalue weighted by Gasteiger charge is 2.48. The molecule has 0 unspecified atom stereocenters. The zero-order chi connectivity index (χ0) is 26.4. The quantitative estimate of drug-likeness (QED) is 0.355. The lowest BCUT2D eigenvalue weighted by atomic mass is 9.74. The Labute approximate surface area is 226 Å². The number of phenols is 1. The van der Waals surface area contributed by atoms with Gasteiger partial charge in [0.2, 0.25) is 5.13 Å². The standard InChI is InChI=1S/C27H33ClN6O2S/c1-17-29-25(37-32-17)31-24(36)30-19-7-5-6-8-20(19)34-16-27(22-18(28)9-10-21(35)23(22)34)11-13-33(14-12-27)15-26(2,3)4/h5-10,35H,11-16H2,1-4H3,(H2,29,30,31,32,36). The second kappa shape index (κ2) is 9.78. The average Bonchev–Trinajstić information content (AvgIpc) is 3.39. The fourth-order valence-electron chi connectivity index (χ4n) is 5.63. The van der Waals surface area contributed by atoms with Gasteiger partial charge in [-0.05, 0) is 62.5 Å². The van der Waals surface area contributed by atoms with E-state index in [1.807, 2.05) is 24.3 Å². The summed E-state index contributed by atoms with van der Waals surface area (Å²) in [5.74, 6) is 0.803. The fraction of sp³-hybridized carbons (Fsp3) is 0.444. The van der Waals surface area contributed by atoms with E-state index >= 15 is 0 Å². The van der Waals surface area contributed by atoms with Gasteiger partial charge in [0, 0.05) is 40.6 Å². The Morgan fingerprint density at radius 1 is 1.16 bits per heavy atom. The molecule has 0 atom stereocenters. The van der Waals surface area contributed by atoms with E-state index in [1.54, 1.807) is 19.1 Å². The van der Waals surface area contributed by atoms with E-state index in [-0.39, 0.29) is 16.6 Å². The van der Waals surface area contributed by atoms with Gasteiger partial charge in [0.1, 0.15) is 11.6 Å². The minimum atomic E-state index is -0.400. The van der Waals surface area contributed by atoms with Gasteiger partial charge in [-0.1, -0.05) is 44.5 Å². The number of hydrogen-bond acceptors (Lipinski definition) is 7. The van der Waals surface area contributed by atoms with Crippen LogP contribution in [0.5, 0.6) is 5.75 Å². The molecular formula is C27H33ClN6O2S. The second-order valence-corrected chi connectivity index (χ2v) is 12.4. The number of urea groups is 1. The number of piperidine rings is 1. The number of para-hydroxylation sites is 2. The highest BCUT2D eigenvalue weighted by atomic mass is 35.5. The van der Waals surface area contributed by atoms with Crippen molar-refractivity contribution in [2.45, 2.75) is 46.0 Å². The summed E-state index contributed by atoms with van der Waals surface area (Å²) in [7, 11) is 0. The van der Waals surface area contributed by atoms with Gasteiger partial charge in [0.15, 0.2) is 0 Å². The Hall–Kier alpha value is -2.88. The molecule has 37 heavy (non-hydrogen) atoms. The molecule has 3 N–H and O–H groups in total. The van der Waals surface area contributed by atoms with Crippen molar-refractivity contribution in [1.29, 1.82) is 0 Å². The molecule has 0 bridgehead atoms. The molecule has 2 aromatic carbocycles. The first-order valence-electron chi connectivity index (χ1n) is 12.5. The molecule has 3 heterocycles. The molecule has 10 heteroatoms. The summed E-state index contributed by atoms with van der Waals surface area (Å²) in [5.41, 5.74) is 3.23. The molecule has 3 aromatic rings. The van der Waals surface area contributed by atoms with E-state index in [0.717, 1.165) is 60.9 Å². The molecule has 1 spiro atoms. The van der Waals surface area contributed by atoms with Crippen LogP contribution in [-0.4, -0.2) is 51.6 Å². The van der Waals surface area contributed by atoms with Crippen LogP contribution in [0.2, 0.25) is 5.02 Å². The van der Waals surface area contributed by atoms with Gasteiger partial charge in [0.25, 0.3) is 0 Å². The van der Waals surface area contributed by atoms with Crippen molar-refractivity contribution in [2.24, 2.45) is 5.41 Å². The third-order valence-corrected chi connectivity index (χ3v) is 8.11. The topological polar surface area (TPSA) is 93.6 Å². The average molecular weight is 541 g/mol. The summed E-state index contributed by atoms with van der Waals surface area (Å²) < 4.78 is 4.11. The first-order valence-corrected chi connectivity index (χ1v) is 13.7. The summed E-state index contributed by atoms with van der Waals surface area (Å²) >= 11 is 7.97. The number of rotatable bonds is 4. The van der Waals surface area contributed by atoms with Crippen molar-refractivity contribution in [2.75, 3.05) is 41.7 Å². The van der Waals surface area contributed by atoms with Crippen LogP contribution in [0.3, 0.4) is 0 Å². The number of carbonyl (C=O) groups is 1. The van der Waals surface area contributed by atoms with Crippen molar-refractivity contribution < 1.29 is 9.90 Å². The molecule has 2 aliphatic heterocycles. The molecule has 2 amide bonds. The number of nitrogens with zero attached hydrogens (tertiary/aromatic N) is 4. The Balaban J connectivity index is 1.45. The SMILES string of the molecule is Cc1nsc(NC(=O)Nc2ccccc2N2CC3(CCN(CC(C)(C)C)CC3)c3c(Cl)ccc(O)c32)n1. The van der Waals surface area contributed by atoms with Crippen molar-refractivity contribution in [1.82, 2.24) is 14.3 Å². The predicted octanol–water partition coefficient (Wildman–Crippen LogP) is 6.38. The number of anilines is 4. The molecule has 0 radical (unpaired) electrons. The number of benzene rings is 2. The second-order valence-electron chi connectivity index (χ2n) is 11.2. The molecule has 8 nitrogen and oxygen atoms in total. The van der Waals surface area contributed by atoms with Crippen molar-refractivity contribution >= 4 is 51.4 Å². The first-order chi connectivity index (χ1) is 17.5. The van der Waals surface area contributed by atoms with Crippen LogP contribution in [0.1, 0.15) is 45.0 Å². The van der Waals surface area contributed by atoms with Crippen LogP contribution >= 0.6 is 23.1 Å². The van der Waals surface area contributed by atoms with Gasteiger partial charge in [-0.25, -0.2) is 9.78 Å². The fourth-order valence-corrected chi connectivity index (χ4v) is 6.55. The first kappa shape index (κ1) is 25.8. The molecule has 5 rings (SSSR count). The highest BCUT2D eigenvalue weighted by Crippen LogP contribution is 2.56. The van der Waals surface area contributed by atoms with Crippen molar-refractivity contribution in [3.05, 3.63) is 52.8 Å². The minimum Gasteiger partial charge on any atom is -0.506 e. The van der Waals surface area contributed by atoms with Crippen LogP contribution in [0.15, 0.2) is 36.4 Å². The number of aromatic hydroxyl groups is 1. The smallest absolute Gasteiger partial charge is 0.325 e. The van der Waals surface area contributed by atoms with Gasteiger partial charge >= 0.3 is 6.03 Å². The number of aromatic nitrogens is 2. The van der Waals surface area contributed by atoms with Gasteiger partial charge < -0.3 is 20.2 Å². The summed E-state index contributed by atoms with van der Waals surface area (Å²) in [6.45, 7) is 12.3. The van der Waals surface area contributed by atoms with Crippen LogP contribution in [-0.2, 0) is 5.41 Å². The molecule has 0 aliphatic carbocycles. The zero-order valence-electron chi connectivity index (χ0n) is 21.6. The molecule has 196 valence electrons. The number of likely N-dealkylation sites (tertiary alicyclic amines) is 1. The molecule has 0 saturated carbocycles. The van der Waals surface area contributed by atoms with E-state index < -0.39 is 6.03 Å². The maximum Gasteiger partial charge on any atom is 0.325 e. The van der Waals surface area contributed by atoms with Crippen molar-refractivity contribution in [3.8, 4) is 5.75 Å². The molecule has 1 fully saturated rings. The third kappa shape index (κ3) is 5.26. The Bertz CT molecular complexity index is 1310. The number of aryl methyl sites for hydroxylation is 1. The Kier molecular flexibility index (Phi) is 6.81. The van der Waals surface area contributed by atoms with E-state index in [4.69, 9.17) is 11.6 Å². The lowest BCUT2D eigenvalue weighted by molar-refractivity contribution is 0.125. The monoisotopic (exact) mass is 540 g/mol. The summed E-state index contributed by atoms with van der Waals surface area (Å²) in [6.07, 6.45) is 1.89. The lowest BCUT2D eigenvalue weighted by Crippen LogP contribution is -2.47. The third-order valence-electron chi connectivity index (χ3n) is 7.07. The largest absolute Gasteiger partial charge is 0.506 e. The Morgan fingerprint density at radius 3 is 2.57 bits per heavy atom.